The van der Waals surface area contributed by atoms with E-state index in [2.05, 4.69) is 10.5 Å². The minimum Gasteiger partial charge on any atom is -0.480 e. The van der Waals surface area contributed by atoms with E-state index in [1.165, 1.54) is 0 Å². The molecule has 2 heterocycles. The number of carboxylic acid groups (broad SMARTS) is 1. The van der Waals surface area contributed by atoms with Crippen molar-refractivity contribution in [2.24, 2.45) is 5.92 Å². The Morgan fingerprint density at radius 1 is 1.67 bits per heavy atom. The van der Waals surface area contributed by atoms with E-state index in [0.717, 1.165) is 23.4 Å². The van der Waals surface area contributed by atoms with Gasteiger partial charge in [0.05, 0.1) is 5.69 Å². The van der Waals surface area contributed by atoms with Crippen LogP contribution in [0.1, 0.15) is 22.9 Å². The second-order valence-corrected chi connectivity index (χ2v) is 4.30. The van der Waals surface area contributed by atoms with Crippen molar-refractivity contribution in [3.63, 3.8) is 0 Å². The van der Waals surface area contributed by atoms with Crippen molar-refractivity contribution < 1.29 is 14.4 Å². The number of aromatic nitrogens is 1. The predicted molar refractivity (Wildman–Crippen MR) is 50.6 cm³/mol. The molecule has 5 nitrogen and oxygen atoms in total. The van der Waals surface area contributed by atoms with Gasteiger partial charge in [0.25, 0.3) is 0 Å². The minimum atomic E-state index is -0.762. The maximum absolute atomic E-state index is 11.0. The molecule has 0 spiro atoms. The van der Waals surface area contributed by atoms with Gasteiger partial charge in [0.15, 0.2) is 0 Å². The van der Waals surface area contributed by atoms with E-state index >= 15 is 0 Å². The number of rotatable bonds is 1. The summed E-state index contributed by atoms with van der Waals surface area (Å²) in [5.41, 5.74) is 2.09. The van der Waals surface area contributed by atoms with Gasteiger partial charge in [-0.2, -0.15) is 0 Å². The number of fused-ring (bicyclic) bond motifs is 3. The largest absolute Gasteiger partial charge is 0.480 e. The van der Waals surface area contributed by atoms with E-state index in [1.807, 2.05) is 6.92 Å². The summed E-state index contributed by atoms with van der Waals surface area (Å²) in [7, 11) is 0. The van der Waals surface area contributed by atoms with Crippen molar-refractivity contribution in [1.29, 1.82) is 0 Å². The molecule has 1 aromatic rings. The normalized spacial score (nSPS) is 32.7. The monoisotopic (exact) mass is 208 g/mol. The summed E-state index contributed by atoms with van der Waals surface area (Å²) < 4.78 is 5.12. The Bertz CT molecular complexity index is 426. The first-order valence-electron chi connectivity index (χ1n) is 5.09. The van der Waals surface area contributed by atoms with E-state index in [1.54, 1.807) is 0 Å². The van der Waals surface area contributed by atoms with Crippen molar-refractivity contribution in [1.82, 2.24) is 10.5 Å². The van der Waals surface area contributed by atoms with E-state index in [0.29, 0.717) is 6.54 Å². The van der Waals surface area contributed by atoms with Crippen molar-refractivity contribution >= 4 is 5.97 Å². The van der Waals surface area contributed by atoms with Crippen molar-refractivity contribution in [2.45, 2.75) is 25.3 Å². The zero-order valence-electron chi connectivity index (χ0n) is 8.36. The second kappa shape index (κ2) is 2.82. The molecule has 3 atom stereocenters. The third-order valence-corrected chi connectivity index (χ3v) is 3.57. The summed E-state index contributed by atoms with van der Waals surface area (Å²) in [6, 6.07) is -0.427. The Morgan fingerprint density at radius 3 is 3.20 bits per heavy atom. The van der Waals surface area contributed by atoms with Gasteiger partial charge in [-0.15, -0.1) is 0 Å². The Balaban J connectivity index is 1.96. The SMILES string of the molecule is Cc1onc2c1CC1C(C(=O)O)NCC21. The molecule has 1 saturated heterocycles. The minimum absolute atomic E-state index is 0.148. The number of nitrogens with zero attached hydrogens (tertiary/aromatic N) is 1. The first kappa shape index (κ1) is 8.91. The number of aliphatic carboxylic acids is 1. The zero-order valence-corrected chi connectivity index (χ0v) is 8.36. The van der Waals surface area contributed by atoms with E-state index < -0.39 is 12.0 Å². The first-order chi connectivity index (χ1) is 7.18. The molecule has 15 heavy (non-hydrogen) atoms. The average molecular weight is 208 g/mol. The number of carboxylic acids is 1. The highest BCUT2D eigenvalue weighted by Gasteiger charge is 2.48. The maximum Gasteiger partial charge on any atom is 0.321 e. The zero-order chi connectivity index (χ0) is 10.6. The van der Waals surface area contributed by atoms with Gasteiger partial charge in [-0.3, -0.25) is 4.79 Å². The van der Waals surface area contributed by atoms with Gasteiger partial charge in [0, 0.05) is 18.0 Å². The van der Waals surface area contributed by atoms with E-state index in [9.17, 15) is 4.79 Å². The summed E-state index contributed by atoms with van der Waals surface area (Å²) >= 11 is 0. The number of carbonyl (C=O) groups is 1. The van der Waals surface area contributed by atoms with Crippen LogP contribution in [0.15, 0.2) is 4.52 Å². The van der Waals surface area contributed by atoms with Crippen LogP contribution in [-0.4, -0.2) is 28.8 Å². The number of hydrogen-bond donors (Lipinski definition) is 2. The molecular weight excluding hydrogens is 196 g/mol. The molecule has 1 fully saturated rings. The van der Waals surface area contributed by atoms with Gasteiger partial charge in [0.2, 0.25) is 0 Å². The third kappa shape index (κ3) is 1.07. The summed E-state index contributed by atoms with van der Waals surface area (Å²) in [6.07, 6.45) is 0.777. The number of nitrogens with one attached hydrogen (secondary N) is 1. The molecule has 1 aliphatic heterocycles. The fourth-order valence-electron chi connectivity index (χ4n) is 2.80. The molecule has 3 unspecified atom stereocenters. The highest BCUT2D eigenvalue weighted by atomic mass is 16.5. The maximum atomic E-state index is 11.0. The van der Waals surface area contributed by atoms with Crippen LogP contribution < -0.4 is 5.32 Å². The second-order valence-electron chi connectivity index (χ2n) is 4.30. The van der Waals surface area contributed by atoms with Gasteiger partial charge in [0.1, 0.15) is 11.8 Å². The first-order valence-corrected chi connectivity index (χ1v) is 5.09. The summed E-state index contributed by atoms with van der Waals surface area (Å²) in [5.74, 6) is 0.444. The van der Waals surface area contributed by atoms with Gasteiger partial charge in [-0.1, -0.05) is 5.16 Å². The van der Waals surface area contributed by atoms with Crippen LogP contribution in [0.5, 0.6) is 0 Å². The molecule has 2 aliphatic rings. The van der Waals surface area contributed by atoms with Crippen LogP contribution in [0.2, 0.25) is 0 Å². The average Bonchev–Trinajstić information content (AvgIpc) is 2.77. The standard InChI is InChI=1S/C10H12N2O3/c1-4-5-2-6-7(8(5)12-15-4)3-11-9(6)10(13)14/h6-7,9,11H,2-3H2,1H3,(H,13,14). The molecule has 0 saturated carbocycles. The number of aryl methyl sites for hydroxylation is 1. The van der Waals surface area contributed by atoms with Gasteiger partial charge in [-0.25, -0.2) is 0 Å². The van der Waals surface area contributed by atoms with E-state index in [-0.39, 0.29) is 11.8 Å². The lowest BCUT2D eigenvalue weighted by Crippen LogP contribution is -2.35. The van der Waals surface area contributed by atoms with Crippen molar-refractivity contribution in [3.05, 3.63) is 17.0 Å². The lowest BCUT2D eigenvalue weighted by Gasteiger charge is -2.12. The Hall–Kier alpha value is -1.36. The van der Waals surface area contributed by atoms with Gasteiger partial charge >= 0.3 is 5.97 Å². The van der Waals surface area contributed by atoms with Crippen molar-refractivity contribution in [3.8, 4) is 0 Å². The predicted octanol–water partition coefficient (Wildman–Crippen LogP) is 0.295. The number of hydrogen-bond acceptors (Lipinski definition) is 4. The molecule has 0 radical (unpaired) electrons. The lowest BCUT2D eigenvalue weighted by molar-refractivity contribution is -0.140. The molecule has 0 amide bonds. The Morgan fingerprint density at radius 2 is 2.47 bits per heavy atom. The van der Waals surface area contributed by atoms with Gasteiger partial charge in [-0.05, 0) is 19.3 Å². The van der Waals surface area contributed by atoms with E-state index in [4.69, 9.17) is 9.63 Å². The lowest BCUT2D eigenvalue weighted by atomic mass is 9.93. The van der Waals surface area contributed by atoms with Crippen molar-refractivity contribution in [2.75, 3.05) is 6.54 Å². The fourth-order valence-corrected chi connectivity index (χ4v) is 2.80. The highest BCUT2D eigenvalue weighted by molar-refractivity contribution is 5.75. The van der Waals surface area contributed by atoms with Crippen LogP contribution >= 0.6 is 0 Å². The van der Waals surface area contributed by atoms with Crippen LogP contribution in [0.25, 0.3) is 0 Å². The Labute approximate surface area is 86.4 Å². The van der Waals surface area contributed by atoms with Crippen LogP contribution in [-0.2, 0) is 11.2 Å². The smallest absolute Gasteiger partial charge is 0.321 e. The summed E-state index contributed by atoms with van der Waals surface area (Å²) in [5, 5.41) is 16.1. The molecule has 1 aliphatic carbocycles. The molecule has 2 N–H and O–H groups in total. The van der Waals surface area contributed by atoms with Gasteiger partial charge < -0.3 is 14.9 Å². The third-order valence-electron chi connectivity index (χ3n) is 3.57. The molecule has 3 rings (SSSR count). The molecule has 0 bridgehead atoms. The van der Waals surface area contributed by atoms with Crippen LogP contribution in [0.4, 0.5) is 0 Å². The topological polar surface area (TPSA) is 75.4 Å². The highest BCUT2D eigenvalue weighted by Crippen LogP contribution is 2.43. The van der Waals surface area contributed by atoms with Crippen LogP contribution in [0, 0.1) is 12.8 Å². The summed E-state index contributed by atoms with van der Waals surface area (Å²) in [6.45, 7) is 2.58. The Kier molecular flexibility index (Phi) is 1.68. The molecular formula is C10H12N2O3. The quantitative estimate of drug-likeness (QED) is 0.694. The molecule has 5 heteroatoms. The molecule has 0 aromatic carbocycles. The van der Waals surface area contributed by atoms with Crippen LogP contribution in [0.3, 0.4) is 0 Å². The molecule has 1 aromatic heterocycles. The fraction of sp³-hybridized carbons (Fsp3) is 0.600. The summed E-state index contributed by atoms with van der Waals surface area (Å²) in [4.78, 5) is 11.0. The molecule has 80 valence electrons.